The highest BCUT2D eigenvalue weighted by Gasteiger charge is 2.37. The van der Waals surface area contributed by atoms with Crippen LogP contribution in [0.2, 0.25) is 5.02 Å². The van der Waals surface area contributed by atoms with Gasteiger partial charge >= 0.3 is 5.97 Å². The van der Waals surface area contributed by atoms with E-state index in [1.807, 2.05) is 30.3 Å². The number of phenols is 1. The summed E-state index contributed by atoms with van der Waals surface area (Å²) < 4.78 is 5.47. The number of esters is 1. The summed E-state index contributed by atoms with van der Waals surface area (Å²) in [5.74, 6) is -0.773. The third-order valence-electron chi connectivity index (χ3n) is 5.96. The zero-order valence-corrected chi connectivity index (χ0v) is 20.6. The van der Waals surface area contributed by atoms with Crippen molar-refractivity contribution >= 4 is 41.2 Å². The lowest BCUT2D eigenvalue weighted by molar-refractivity contribution is -0.138. The quantitative estimate of drug-likeness (QED) is 0.344. The zero-order valence-electron chi connectivity index (χ0n) is 19.8. The summed E-state index contributed by atoms with van der Waals surface area (Å²) in [6.45, 7) is 1.92. The van der Waals surface area contributed by atoms with Crippen LogP contribution in [0.3, 0.4) is 0 Å². The maximum Gasteiger partial charge on any atom is 0.338 e. The van der Waals surface area contributed by atoms with E-state index in [4.69, 9.17) is 21.3 Å². The number of benzene rings is 3. The van der Waals surface area contributed by atoms with Crippen molar-refractivity contribution in [3.05, 3.63) is 118 Å². The molecule has 5 rings (SSSR count). The Morgan fingerprint density at radius 2 is 1.70 bits per heavy atom. The van der Waals surface area contributed by atoms with Crippen molar-refractivity contribution in [2.24, 2.45) is 9.98 Å². The molecular formula is C29H22ClN3O4. The van der Waals surface area contributed by atoms with Gasteiger partial charge in [-0.3, -0.25) is 9.69 Å². The molecule has 2 aliphatic rings. The summed E-state index contributed by atoms with van der Waals surface area (Å²) in [5.41, 5.74) is 2.61. The SMILES string of the molecule is CCOC(=O)C1=C(c2ccc(Cl)cc2)N2C=C(C(=O)c3ccccc3O)C=NC2=NC1c1ccccc1. The number of Topliss-reactive ketones (excluding diaryl/α,β-unsaturated/α-hetero) is 1. The van der Waals surface area contributed by atoms with E-state index in [0.717, 1.165) is 5.56 Å². The number of aliphatic imine (C=N–C) groups is 2. The fraction of sp³-hybridized carbons (Fsp3) is 0.103. The molecule has 8 heteroatoms. The number of hydrogen-bond acceptors (Lipinski definition) is 7. The molecule has 0 fully saturated rings. The van der Waals surface area contributed by atoms with E-state index in [2.05, 4.69) is 4.99 Å². The number of carbonyl (C=O) groups excluding carboxylic acids is 2. The molecule has 0 saturated carbocycles. The van der Waals surface area contributed by atoms with Gasteiger partial charge < -0.3 is 9.84 Å². The molecule has 184 valence electrons. The number of rotatable bonds is 6. The molecule has 1 unspecified atom stereocenters. The van der Waals surface area contributed by atoms with Gasteiger partial charge in [0.25, 0.3) is 0 Å². The second kappa shape index (κ2) is 10.2. The first-order valence-corrected chi connectivity index (χ1v) is 12.0. The molecule has 0 aliphatic carbocycles. The van der Waals surface area contributed by atoms with Gasteiger partial charge in [-0.05, 0) is 42.3 Å². The lowest BCUT2D eigenvalue weighted by atomic mass is 9.92. The van der Waals surface area contributed by atoms with E-state index in [1.54, 1.807) is 54.4 Å². The first kappa shape index (κ1) is 24.2. The van der Waals surface area contributed by atoms with Crippen LogP contribution in [-0.2, 0) is 9.53 Å². The van der Waals surface area contributed by atoms with Gasteiger partial charge in [-0.2, -0.15) is 0 Å². The Morgan fingerprint density at radius 3 is 2.41 bits per heavy atom. The molecule has 3 aromatic rings. The Labute approximate surface area is 218 Å². The van der Waals surface area contributed by atoms with E-state index >= 15 is 0 Å². The number of guanidine groups is 1. The molecule has 0 aromatic heterocycles. The molecule has 0 spiro atoms. The van der Waals surface area contributed by atoms with Crippen molar-refractivity contribution in [1.82, 2.24) is 4.90 Å². The lowest BCUT2D eigenvalue weighted by Crippen LogP contribution is -2.35. The number of carbonyl (C=O) groups is 2. The van der Waals surface area contributed by atoms with E-state index in [1.165, 1.54) is 18.3 Å². The Hall–Kier alpha value is -4.49. The van der Waals surface area contributed by atoms with Gasteiger partial charge in [0, 0.05) is 17.4 Å². The maximum atomic E-state index is 13.4. The largest absolute Gasteiger partial charge is 0.507 e. The van der Waals surface area contributed by atoms with Crippen LogP contribution in [0.25, 0.3) is 5.70 Å². The van der Waals surface area contributed by atoms with E-state index < -0.39 is 17.8 Å². The Balaban J connectivity index is 1.71. The summed E-state index contributed by atoms with van der Waals surface area (Å²) in [7, 11) is 0. The summed E-state index contributed by atoms with van der Waals surface area (Å²) in [4.78, 5) is 37.6. The van der Waals surface area contributed by atoms with Gasteiger partial charge in [0.05, 0.1) is 29.0 Å². The van der Waals surface area contributed by atoms with Crippen LogP contribution < -0.4 is 0 Å². The van der Waals surface area contributed by atoms with Gasteiger partial charge in [0.1, 0.15) is 11.8 Å². The summed E-state index contributed by atoms with van der Waals surface area (Å²) in [6.07, 6.45) is 2.99. The summed E-state index contributed by atoms with van der Waals surface area (Å²) in [6, 6.07) is 22.1. The van der Waals surface area contributed by atoms with Gasteiger partial charge in [0.15, 0.2) is 5.78 Å². The Morgan fingerprint density at radius 1 is 1.00 bits per heavy atom. The maximum absolute atomic E-state index is 13.4. The number of halogens is 1. The fourth-order valence-corrected chi connectivity index (χ4v) is 4.38. The van der Waals surface area contributed by atoms with Gasteiger partial charge in [-0.25, -0.2) is 14.8 Å². The first-order valence-electron chi connectivity index (χ1n) is 11.7. The molecule has 3 aromatic carbocycles. The second-order valence-electron chi connectivity index (χ2n) is 8.29. The number of allylic oxidation sites excluding steroid dienone is 1. The highest BCUT2D eigenvalue weighted by Crippen LogP contribution is 2.41. The smallest absolute Gasteiger partial charge is 0.338 e. The number of hydrogen-bond donors (Lipinski definition) is 1. The molecule has 37 heavy (non-hydrogen) atoms. The van der Waals surface area contributed by atoms with Crippen LogP contribution in [0, 0.1) is 0 Å². The highest BCUT2D eigenvalue weighted by molar-refractivity contribution is 6.30. The molecule has 2 heterocycles. The molecule has 7 nitrogen and oxygen atoms in total. The minimum absolute atomic E-state index is 0.135. The number of ether oxygens (including phenoxy) is 1. The Bertz CT molecular complexity index is 1490. The second-order valence-corrected chi connectivity index (χ2v) is 8.73. The van der Waals surface area contributed by atoms with E-state index in [9.17, 15) is 14.7 Å². The molecule has 1 atom stereocenters. The average molecular weight is 512 g/mol. The van der Waals surface area contributed by atoms with Gasteiger partial charge in [-0.15, -0.1) is 0 Å². The van der Waals surface area contributed by atoms with Crippen molar-refractivity contribution in [2.75, 3.05) is 6.61 Å². The predicted molar refractivity (Wildman–Crippen MR) is 142 cm³/mol. The van der Waals surface area contributed by atoms with Gasteiger partial charge in [0.2, 0.25) is 5.96 Å². The number of ketones is 1. The molecule has 1 N–H and O–H groups in total. The van der Waals surface area contributed by atoms with Crippen LogP contribution in [0.1, 0.15) is 34.5 Å². The molecule has 0 radical (unpaired) electrons. The van der Waals surface area contributed by atoms with E-state index in [-0.39, 0.29) is 23.5 Å². The molecular weight excluding hydrogens is 490 g/mol. The number of aromatic hydroxyl groups is 1. The standard InChI is InChI=1S/C29H22ClN3O4/c1-2-37-28(36)24-25(18-8-4-3-5-9-18)32-29-31-16-20(27(35)22-10-6-7-11-23(22)34)17-33(29)26(24)19-12-14-21(30)15-13-19/h3-17,25,34H,2H2,1H3. The van der Waals surface area contributed by atoms with Crippen LogP contribution in [0.4, 0.5) is 0 Å². The first-order chi connectivity index (χ1) is 18.0. The van der Waals surface area contributed by atoms with Crippen molar-refractivity contribution < 1.29 is 19.4 Å². The molecule has 0 saturated heterocycles. The minimum atomic E-state index is -0.682. The number of nitrogens with zero attached hydrogens (tertiary/aromatic N) is 3. The van der Waals surface area contributed by atoms with Crippen LogP contribution >= 0.6 is 11.6 Å². The van der Waals surface area contributed by atoms with Crippen molar-refractivity contribution in [1.29, 1.82) is 0 Å². The van der Waals surface area contributed by atoms with Gasteiger partial charge in [-0.1, -0.05) is 66.2 Å². The van der Waals surface area contributed by atoms with Crippen molar-refractivity contribution in [3.63, 3.8) is 0 Å². The van der Waals surface area contributed by atoms with Crippen LogP contribution in [0.15, 0.2) is 106 Å². The minimum Gasteiger partial charge on any atom is -0.507 e. The normalized spacial score (nSPS) is 16.6. The highest BCUT2D eigenvalue weighted by atomic mass is 35.5. The fourth-order valence-electron chi connectivity index (χ4n) is 4.25. The summed E-state index contributed by atoms with van der Waals surface area (Å²) >= 11 is 6.16. The predicted octanol–water partition coefficient (Wildman–Crippen LogP) is 5.58. The van der Waals surface area contributed by atoms with Crippen molar-refractivity contribution in [3.8, 4) is 5.75 Å². The molecule has 2 aliphatic heterocycles. The molecule has 0 amide bonds. The van der Waals surface area contributed by atoms with Crippen LogP contribution in [0.5, 0.6) is 5.75 Å². The summed E-state index contributed by atoms with van der Waals surface area (Å²) in [5, 5.41) is 10.8. The zero-order chi connectivity index (χ0) is 25.9. The molecule has 0 bridgehead atoms. The van der Waals surface area contributed by atoms with Crippen LogP contribution in [-0.4, -0.2) is 40.5 Å². The lowest BCUT2D eigenvalue weighted by Gasteiger charge is -2.34. The number of para-hydroxylation sites is 1. The monoisotopic (exact) mass is 511 g/mol. The number of phenolic OH excluding ortho intramolecular Hbond substituents is 1. The van der Waals surface area contributed by atoms with Crippen molar-refractivity contribution in [2.45, 2.75) is 13.0 Å². The average Bonchev–Trinajstić information content (AvgIpc) is 2.93. The Kier molecular flexibility index (Phi) is 6.70. The third-order valence-corrected chi connectivity index (χ3v) is 6.21. The third kappa shape index (κ3) is 4.69. The van der Waals surface area contributed by atoms with E-state index in [0.29, 0.717) is 27.8 Å². The number of fused-ring (bicyclic) bond motifs is 1. The topological polar surface area (TPSA) is 91.6 Å².